The van der Waals surface area contributed by atoms with Gasteiger partial charge in [0.05, 0.1) is 6.42 Å². The Bertz CT molecular complexity index is 651. The minimum Gasteiger partial charge on any atom is -0.273 e. The van der Waals surface area contributed by atoms with Gasteiger partial charge in [0, 0.05) is 11.2 Å². The van der Waals surface area contributed by atoms with E-state index in [0.717, 1.165) is 11.1 Å². The fourth-order valence-electron chi connectivity index (χ4n) is 1.73. The quantitative estimate of drug-likeness (QED) is 0.664. The van der Waals surface area contributed by atoms with Gasteiger partial charge in [0.2, 0.25) is 5.91 Å². The van der Waals surface area contributed by atoms with Gasteiger partial charge in [-0.15, -0.1) is 0 Å². The lowest BCUT2D eigenvalue weighted by Crippen LogP contribution is -2.19. The maximum absolute atomic E-state index is 11.6. The molecule has 0 aromatic heterocycles. The lowest BCUT2D eigenvalue weighted by Gasteiger charge is -1.99. The molecule has 3 nitrogen and oxygen atoms in total. The number of nitrogens with zero attached hydrogens (tertiary/aromatic N) is 1. The number of hydrogen-bond acceptors (Lipinski definition) is 2. The smallest absolute Gasteiger partial charge is 0.244 e. The van der Waals surface area contributed by atoms with Gasteiger partial charge in [-0.2, -0.15) is 5.10 Å². The van der Waals surface area contributed by atoms with Gasteiger partial charge >= 0.3 is 0 Å². The molecule has 0 bridgehead atoms. The van der Waals surface area contributed by atoms with Gasteiger partial charge in [0.1, 0.15) is 0 Å². The molecule has 0 unspecified atom stereocenters. The molecule has 2 rings (SSSR count). The first-order valence-electron chi connectivity index (χ1n) is 6.53. The molecule has 106 valence electrons. The minimum absolute atomic E-state index is 0.149. The molecular weight excluding hydrogens is 284 g/mol. The Morgan fingerprint density at radius 2 is 1.81 bits per heavy atom. The molecule has 0 aliphatic rings. The van der Waals surface area contributed by atoms with E-state index >= 15 is 0 Å². The Hall–Kier alpha value is -2.39. The maximum Gasteiger partial charge on any atom is 0.244 e. The van der Waals surface area contributed by atoms with Crippen molar-refractivity contribution in [2.45, 2.75) is 6.42 Å². The summed E-state index contributed by atoms with van der Waals surface area (Å²) in [4.78, 5) is 11.6. The van der Waals surface area contributed by atoms with Crippen molar-refractivity contribution in [3.8, 4) is 0 Å². The van der Waals surface area contributed by atoms with E-state index in [4.69, 9.17) is 11.6 Å². The molecular formula is C17H15ClN2O. The van der Waals surface area contributed by atoms with Crippen LogP contribution in [-0.4, -0.2) is 12.1 Å². The number of carbonyl (C=O) groups excluding carboxylic acids is 1. The van der Waals surface area contributed by atoms with Gasteiger partial charge in [-0.25, -0.2) is 5.43 Å². The van der Waals surface area contributed by atoms with Crippen LogP contribution < -0.4 is 5.43 Å². The lowest BCUT2D eigenvalue weighted by atomic mass is 10.1. The molecule has 1 N–H and O–H groups in total. The monoisotopic (exact) mass is 298 g/mol. The highest BCUT2D eigenvalue weighted by Crippen LogP contribution is 2.15. The molecule has 0 radical (unpaired) electrons. The van der Waals surface area contributed by atoms with E-state index < -0.39 is 0 Å². The van der Waals surface area contributed by atoms with Gasteiger partial charge in [0.15, 0.2) is 0 Å². The SMILES string of the molecule is O=C(Cc1ccccc1)NN=CC=Cc1ccccc1Cl. The van der Waals surface area contributed by atoms with E-state index in [-0.39, 0.29) is 5.91 Å². The Morgan fingerprint density at radius 3 is 2.57 bits per heavy atom. The molecule has 0 aliphatic heterocycles. The summed E-state index contributed by atoms with van der Waals surface area (Å²) in [5, 5.41) is 4.53. The van der Waals surface area contributed by atoms with Crippen molar-refractivity contribution < 1.29 is 4.79 Å². The predicted octanol–water partition coefficient (Wildman–Crippen LogP) is 3.70. The molecule has 0 heterocycles. The third-order valence-electron chi connectivity index (χ3n) is 2.74. The zero-order valence-corrected chi connectivity index (χ0v) is 12.1. The molecule has 0 saturated carbocycles. The second-order valence-corrected chi connectivity index (χ2v) is 4.76. The van der Waals surface area contributed by atoms with Crippen molar-refractivity contribution in [2.75, 3.05) is 0 Å². The normalized spacial score (nSPS) is 11.1. The maximum atomic E-state index is 11.6. The summed E-state index contributed by atoms with van der Waals surface area (Å²) >= 11 is 6.01. The molecule has 0 aliphatic carbocycles. The first-order chi connectivity index (χ1) is 10.3. The van der Waals surface area contributed by atoms with Gasteiger partial charge in [-0.1, -0.05) is 66.2 Å². The van der Waals surface area contributed by atoms with Crippen LogP contribution in [0.4, 0.5) is 0 Å². The fraction of sp³-hybridized carbons (Fsp3) is 0.0588. The average molecular weight is 299 g/mol. The van der Waals surface area contributed by atoms with E-state index in [9.17, 15) is 4.79 Å². The van der Waals surface area contributed by atoms with Crippen LogP contribution in [0.5, 0.6) is 0 Å². The fourth-order valence-corrected chi connectivity index (χ4v) is 1.93. The molecule has 0 atom stereocenters. The number of hydrogen-bond donors (Lipinski definition) is 1. The Kier molecular flexibility index (Phi) is 5.73. The molecule has 21 heavy (non-hydrogen) atoms. The summed E-state index contributed by atoms with van der Waals surface area (Å²) in [5.41, 5.74) is 4.34. The highest BCUT2D eigenvalue weighted by atomic mass is 35.5. The zero-order chi connectivity index (χ0) is 14.9. The van der Waals surface area contributed by atoms with Gasteiger partial charge in [-0.3, -0.25) is 4.79 Å². The van der Waals surface area contributed by atoms with Gasteiger partial charge in [-0.05, 0) is 23.3 Å². The van der Waals surface area contributed by atoms with Crippen LogP contribution in [-0.2, 0) is 11.2 Å². The lowest BCUT2D eigenvalue weighted by molar-refractivity contribution is -0.120. The van der Waals surface area contributed by atoms with Crippen molar-refractivity contribution in [3.63, 3.8) is 0 Å². The van der Waals surface area contributed by atoms with E-state index in [1.54, 1.807) is 6.08 Å². The van der Waals surface area contributed by atoms with Gasteiger partial charge in [0.25, 0.3) is 0 Å². The number of nitrogens with one attached hydrogen (secondary N) is 1. The molecule has 1 amide bonds. The third-order valence-corrected chi connectivity index (χ3v) is 3.08. The van der Waals surface area contributed by atoms with Crippen LogP contribution in [0.2, 0.25) is 5.02 Å². The van der Waals surface area contributed by atoms with Crippen molar-refractivity contribution in [1.82, 2.24) is 5.43 Å². The van der Waals surface area contributed by atoms with Crippen molar-refractivity contribution in [1.29, 1.82) is 0 Å². The number of hydrazone groups is 1. The molecule has 2 aromatic carbocycles. The number of amides is 1. The number of rotatable bonds is 5. The Balaban J connectivity index is 1.80. The molecule has 2 aromatic rings. The topological polar surface area (TPSA) is 41.5 Å². The summed E-state index contributed by atoms with van der Waals surface area (Å²) in [6, 6.07) is 17.0. The van der Waals surface area contributed by atoms with Crippen molar-refractivity contribution in [3.05, 3.63) is 76.8 Å². The predicted molar refractivity (Wildman–Crippen MR) is 87.3 cm³/mol. The third kappa shape index (κ3) is 5.24. The molecule has 0 spiro atoms. The number of carbonyl (C=O) groups is 1. The van der Waals surface area contributed by atoms with Crippen LogP contribution in [0.15, 0.2) is 65.8 Å². The first-order valence-corrected chi connectivity index (χ1v) is 6.90. The standard InChI is InChI=1S/C17H15ClN2O/c18-16-11-5-4-9-15(16)10-6-12-19-20-17(21)13-14-7-2-1-3-8-14/h1-12H,13H2,(H,20,21). The number of halogens is 1. The van der Waals surface area contributed by atoms with E-state index in [1.165, 1.54) is 6.21 Å². The summed E-state index contributed by atoms with van der Waals surface area (Å²) in [7, 11) is 0. The van der Waals surface area contributed by atoms with Crippen LogP contribution in [0, 0.1) is 0 Å². The minimum atomic E-state index is -0.149. The Morgan fingerprint density at radius 1 is 1.10 bits per heavy atom. The summed E-state index contributed by atoms with van der Waals surface area (Å²) < 4.78 is 0. The average Bonchev–Trinajstić information content (AvgIpc) is 2.50. The summed E-state index contributed by atoms with van der Waals surface area (Å²) in [5.74, 6) is -0.149. The zero-order valence-electron chi connectivity index (χ0n) is 11.4. The Labute approximate surface area is 129 Å². The molecule has 4 heteroatoms. The number of allylic oxidation sites excluding steroid dienone is 1. The van der Waals surface area contributed by atoms with E-state index in [2.05, 4.69) is 10.5 Å². The largest absolute Gasteiger partial charge is 0.273 e. The summed E-state index contributed by atoms with van der Waals surface area (Å²) in [6.45, 7) is 0. The first kappa shape index (κ1) is 15.0. The van der Waals surface area contributed by atoms with Crippen LogP contribution >= 0.6 is 11.6 Å². The highest BCUT2D eigenvalue weighted by Gasteiger charge is 2.00. The second kappa shape index (κ2) is 8.02. The van der Waals surface area contributed by atoms with Crippen LogP contribution in [0.3, 0.4) is 0 Å². The highest BCUT2D eigenvalue weighted by molar-refractivity contribution is 6.32. The summed E-state index contributed by atoms with van der Waals surface area (Å²) in [6.07, 6.45) is 5.39. The number of benzene rings is 2. The molecule has 0 saturated heterocycles. The molecule has 0 fully saturated rings. The second-order valence-electron chi connectivity index (χ2n) is 4.36. The van der Waals surface area contributed by atoms with Gasteiger partial charge < -0.3 is 0 Å². The van der Waals surface area contributed by atoms with Crippen molar-refractivity contribution in [2.24, 2.45) is 5.10 Å². The van der Waals surface area contributed by atoms with E-state index in [0.29, 0.717) is 11.4 Å². The van der Waals surface area contributed by atoms with Crippen molar-refractivity contribution >= 4 is 29.8 Å². The van der Waals surface area contributed by atoms with Crippen LogP contribution in [0.1, 0.15) is 11.1 Å². The van der Waals surface area contributed by atoms with Crippen LogP contribution in [0.25, 0.3) is 6.08 Å². The van der Waals surface area contributed by atoms with E-state index in [1.807, 2.05) is 60.7 Å².